The van der Waals surface area contributed by atoms with Crippen molar-refractivity contribution in [3.05, 3.63) is 113 Å². The molecule has 3 aromatic rings. The molecule has 1 aliphatic carbocycles. The average molecular weight is 569 g/mol. The summed E-state index contributed by atoms with van der Waals surface area (Å²) >= 11 is 5.76. The van der Waals surface area contributed by atoms with Crippen LogP contribution in [-0.4, -0.2) is 42.3 Å². The van der Waals surface area contributed by atoms with Crippen molar-refractivity contribution in [3.63, 3.8) is 0 Å². The third kappa shape index (κ3) is 5.03. The number of fused-ring (bicyclic) bond motifs is 1. The summed E-state index contributed by atoms with van der Waals surface area (Å²) in [5, 5.41) is -0.197. The number of halogens is 3. The molecular formula is C28H23ClF2N4O3S. The number of carbonyl (C=O) groups excluding carboxylic acids is 1. The predicted molar refractivity (Wildman–Crippen MR) is 144 cm³/mol. The second kappa shape index (κ2) is 10.4. The first-order chi connectivity index (χ1) is 18.6. The molecule has 2 aliphatic rings. The second-order valence-corrected chi connectivity index (χ2v) is 11.6. The molecule has 0 unspecified atom stereocenters. The summed E-state index contributed by atoms with van der Waals surface area (Å²) in [6.45, 7) is -0.150. The van der Waals surface area contributed by atoms with E-state index in [0.717, 1.165) is 6.07 Å². The maximum Gasteiger partial charge on any atom is 0.243 e. The molecule has 2 aromatic carbocycles. The number of ketones is 1. The smallest absolute Gasteiger partial charge is 0.243 e. The van der Waals surface area contributed by atoms with Crippen LogP contribution in [0.3, 0.4) is 0 Å². The van der Waals surface area contributed by atoms with Gasteiger partial charge in [0.25, 0.3) is 0 Å². The van der Waals surface area contributed by atoms with Crippen molar-refractivity contribution >= 4 is 38.8 Å². The molecule has 0 amide bonds. The predicted octanol–water partition coefficient (Wildman–Crippen LogP) is 5.22. The molecule has 0 saturated carbocycles. The third-order valence-electron chi connectivity index (χ3n) is 6.96. The highest BCUT2D eigenvalue weighted by Gasteiger charge is 2.51. The number of piperidine rings is 1. The van der Waals surface area contributed by atoms with Gasteiger partial charge in [0.15, 0.2) is 5.78 Å². The summed E-state index contributed by atoms with van der Waals surface area (Å²) in [5.74, 6) is -1.62. The largest absolute Gasteiger partial charge is 0.404 e. The highest BCUT2D eigenvalue weighted by atomic mass is 35.5. The Kier molecular flexibility index (Phi) is 7.19. The first-order valence-corrected chi connectivity index (χ1v) is 13.8. The number of aliphatic imine (C=N–C) groups is 1. The number of Topliss-reactive ketones (excluding diaryl/α,β-unsaturated/α-hetero) is 1. The van der Waals surface area contributed by atoms with Crippen molar-refractivity contribution in [2.75, 3.05) is 13.1 Å². The van der Waals surface area contributed by atoms with Crippen LogP contribution in [0.15, 0.2) is 100 Å². The van der Waals surface area contributed by atoms with Crippen molar-refractivity contribution in [2.24, 2.45) is 16.1 Å². The SMILES string of the molecule is NC=C1C[C@]2(C(=O)c3ccccn3)CN(S(=O)(=O)c3ccc(Cl)c(F)c3)CCC2=CC1=Nc1ccc(F)cc1. The first kappa shape index (κ1) is 26.9. The van der Waals surface area contributed by atoms with Crippen molar-refractivity contribution in [1.82, 2.24) is 9.29 Å². The van der Waals surface area contributed by atoms with Crippen molar-refractivity contribution in [2.45, 2.75) is 17.7 Å². The number of hydrogen-bond acceptors (Lipinski definition) is 6. The zero-order valence-corrected chi connectivity index (χ0v) is 22.1. The van der Waals surface area contributed by atoms with Gasteiger partial charge in [-0.05, 0) is 85.3 Å². The highest BCUT2D eigenvalue weighted by molar-refractivity contribution is 7.89. The molecule has 200 valence electrons. The van der Waals surface area contributed by atoms with E-state index >= 15 is 0 Å². The van der Waals surface area contributed by atoms with Gasteiger partial charge in [0.05, 0.1) is 26.7 Å². The summed E-state index contributed by atoms with van der Waals surface area (Å²) in [4.78, 5) is 22.7. The summed E-state index contributed by atoms with van der Waals surface area (Å²) in [7, 11) is -4.18. The fraction of sp³-hybridized carbons (Fsp3) is 0.179. The Labute approximate surface area is 229 Å². The number of pyridine rings is 1. The Morgan fingerprint density at radius 2 is 1.90 bits per heavy atom. The lowest BCUT2D eigenvalue weighted by molar-refractivity contribution is 0.0770. The Morgan fingerprint density at radius 1 is 1.13 bits per heavy atom. The number of rotatable bonds is 5. The highest BCUT2D eigenvalue weighted by Crippen LogP contribution is 2.47. The first-order valence-electron chi connectivity index (χ1n) is 12.0. The van der Waals surface area contributed by atoms with Crippen LogP contribution in [0.25, 0.3) is 0 Å². The van der Waals surface area contributed by atoms with Gasteiger partial charge < -0.3 is 5.73 Å². The van der Waals surface area contributed by atoms with Crippen LogP contribution in [0.1, 0.15) is 23.3 Å². The number of nitrogens with zero attached hydrogens (tertiary/aromatic N) is 3. The minimum atomic E-state index is -4.18. The molecular weight excluding hydrogens is 546 g/mol. The monoisotopic (exact) mass is 568 g/mol. The number of aromatic nitrogens is 1. The maximum atomic E-state index is 14.2. The molecule has 0 bridgehead atoms. The van der Waals surface area contributed by atoms with Gasteiger partial charge in [0.1, 0.15) is 17.3 Å². The van der Waals surface area contributed by atoms with Crippen molar-refractivity contribution in [3.8, 4) is 0 Å². The molecule has 11 heteroatoms. The summed E-state index contributed by atoms with van der Waals surface area (Å²) in [6, 6.07) is 13.8. The van der Waals surface area contributed by atoms with E-state index in [1.165, 1.54) is 53.1 Å². The molecule has 0 spiro atoms. The lowest BCUT2D eigenvalue weighted by Crippen LogP contribution is -2.53. The number of allylic oxidation sites excluding steroid dienone is 2. The summed E-state index contributed by atoms with van der Waals surface area (Å²) in [6.07, 6.45) is 4.86. The number of benzene rings is 2. The van der Waals surface area contributed by atoms with Crippen LogP contribution in [0.4, 0.5) is 14.5 Å². The Balaban J connectivity index is 1.61. The second-order valence-electron chi connectivity index (χ2n) is 9.30. The van der Waals surface area contributed by atoms with Gasteiger partial charge in [-0.25, -0.2) is 22.2 Å². The fourth-order valence-electron chi connectivity index (χ4n) is 4.95. The summed E-state index contributed by atoms with van der Waals surface area (Å²) < 4.78 is 55.9. The molecule has 1 atom stereocenters. The van der Waals surface area contributed by atoms with Gasteiger partial charge in [-0.2, -0.15) is 4.31 Å². The van der Waals surface area contributed by atoms with E-state index in [2.05, 4.69) is 9.98 Å². The van der Waals surface area contributed by atoms with Gasteiger partial charge in [-0.1, -0.05) is 23.2 Å². The van der Waals surface area contributed by atoms with E-state index in [9.17, 15) is 22.0 Å². The van der Waals surface area contributed by atoms with Gasteiger partial charge in [-0.3, -0.25) is 9.78 Å². The molecule has 0 radical (unpaired) electrons. The van der Waals surface area contributed by atoms with Crippen LogP contribution < -0.4 is 5.73 Å². The number of carbonyl (C=O) groups is 1. The van der Waals surface area contributed by atoms with Crippen molar-refractivity contribution < 1.29 is 22.0 Å². The van der Waals surface area contributed by atoms with E-state index in [1.807, 2.05) is 0 Å². The quantitative estimate of drug-likeness (QED) is 0.425. The number of nitrogens with two attached hydrogens (primary N) is 1. The van der Waals surface area contributed by atoms with E-state index in [-0.39, 0.29) is 47.3 Å². The van der Waals surface area contributed by atoms with E-state index in [0.29, 0.717) is 22.5 Å². The van der Waals surface area contributed by atoms with Crippen LogP contribution in [0, 0.1) is 17.0 Å². The minimum absolute atomic E-state index is 0.0567. The van der Waals surface area contributed by atoms with Gasteiger partial charge in [0.2, 0.25) is 10.0 Å². The Hall–Kier alpha value is -3.73. The number of sulfonamides is 1. The van der Waals surface area contributed by atoms with E-state index in [1.54, 1.807) is 24.3 Å². The molecule has 1 aliphatic heterocycles. The fourth-order valence-corrected chi connectivity index (χ4v) is 6.58. The van der Waals surface area contributed by atoms with Gasteiger partial charge >= 0.3 is 0 Å². The molecule has 39 heavy (non-hydrogen) atoms. The third-order valence-corrected chi connectivity index (χ3v) is 9.11. The van der Waals surface area contributed by atoms with Crippen LogP contribution in [-0.2, 0) is 10.0 Å². The molecule has 1 fully saturated rings. The van der Waals surface area contributed by atoms with Crippen LogP contribution in [0.2, 0.25) is 5.02 Å². The zero-order valence-electron chi connectivity index (χ0n) is 20.5. The maximum absolute atomic E-state index is 14.2. The summed E-state index contributed by atoms with van der Waals surface area (Å²) in [5.41, 5.74) is 7.04. The van der Waals surface area contributed by atoms with E-state index in [4.69, 9.17) is 17.3 Å². The molecule has 1 aromatic heterocycles. The van der Waals surface area contributed by atoms with Crippen LogP contribution >= 0.6 is 11.6 Å². The Morgan fingerprint density at radius 3 is 2.56 bits per heavy atom. The van der Waals surface area contributed by atoms with Crippen molar-refractivity contribution in [1.29, 1.82) is 0 Å². The molecule has 2 heterocycles. The topological polar surface area (TPSA) is 106 Å². The average Bonchev–Trinajstić information content (AvgIpc) is 2.95. The molecule has 2 N–H and O–H groups in total. The Bertz CT molecular complexity index is 1640. The molecule has 5 rings (SSSR count). The minimum Gasteiger partial charge on any atom is -0.404 e. The lowest BCUT2D eigenvalue weighted by atomic mass is 9.64. The van der Waals surface area contributed by atoms with Gasteiger partial charge in [-0.15, -0.1) is 0 Å². The van der Waals surface area contributed by atoms with Crippen LogP contribution in [0.5, 0.6) is 0 Å². The lowest BCUT2D eigenvalue weighted by Gasteiger charge is -2.45. The molecule has 7 nitrogen and oxygen atoms in total. The molecule has 1 saturated heterocycles. The normalized spacial score (nSPS) is 22.0. The van der Waals surface area contributed by atoms with E-state index < -0.39 is 27.1 Å². The van der Waals surface area contributed by atoms with Gasteiger partial charge in [0, 0.05) is 19.3 Å². The number of hydrogen-bond donors (Lipinski definition) is 1. The zero-order chi connectivity index (χ0) is 27.8. The standard InChI is InChI=1S/C28H23ClF2N4O3S/c29-23-9-8-22(14-24(23)31)39(37,38)35-12-10-19-13-26(34-21-6-4-20(30)5-7-21)18(16-32)15-28(19,17-35)27(36)25-3-1-2-11-33-25/h1-9,11,13-14,16H,10,12,15,17,32H2/t28-/m0/s1.